The predicted molar refractivity (Wildman–Crippen MR) is 104 cm³/mol. The summed E-state index contributed by atoms with van der Waals surface area (Å²) in [6.45, 7) is 3.90. The van der Waals surface area contributed by atoms with Crippen molar-refractivity contribution in [3.63, 3.8) is 0 Å². The minimum absolute atomic E-state index is 0.136. The Morgan fingerprint density at radius 2 is 2.00 bits per heavy atom. The monoisotopic (exact) mass is 455 g/mol. The molecule has 2 heterocycles. The topological polar surface area (TPSA) is 54.9 Å². The van der Waals surface area contributed by atoms with E-state index >= 15 is 0 Å². The summed E-state index contributed by atoms with van der Waals surface area (Å²) >= 11 is 5.15. The van der Waals surface area contributed by atoms with Crippen molar-refractivity contribution in [3.05, 3.63) is 48.8 Å². The zero-order valence-electron chi connectivity index (χ0n) is 12.6. The van der Waals surface area contributed by atoms with E-state index in [2.05, 4.69) is 37.9 Å². The molecule has 0 aliphatic carbocycles. The second-order valence-corrected chi connectivity index (χ2v) is 8.06. The Hall–Kier alpha value is -1.32. The van der Waals surface area contributed by atoms with Crippen molar-refractivity contribution in [2.45, 2.75) is 20.3 Å². The summed E-state index contributed by atoms with van der Waals surface area (Å²) in [7, 11) is 0. The highest BCUT2D eigenvalue weighted by atomic mass is 127. The van der Waals surface area contributed by atoms with Crippen molar-refractivity contribution in [3.8, 4) is 11.3 Å². The highest BCUT2D eigenvalue weighted by Gasteiger charge is 2.16. The summed E-state index contributed by atoms with van der Waals surface area (Å²) in [5.41, 5.74) is 2.69. The van der Waals surface area contributed by atoms with Gasteiger partial charge in [-0.1, -0.05) is 19.1 Å². The number of nitrogens with zero attached hydrogens (tertiary/aromatic N) is 2. The highest BCUT2D eigenvalue weighted by molar-refractivity contribution is 14.1. The van der Waals surface area contributed by atoms with Crippen LogP contribution in [-0.2, 0) is 6.42 Å². The zero-order valence-corrected chi connectivity index (χ0v) is 16.4. The van der Waals surface area contributed by atoms with Gasteiger partial charge in [0.25, 0.3) is 5.91 Å². The molecule has 0 aliphatic rings. The molecule has 3 rings (SSSR count). The van der Waals surface area contributed by atoms with Crippen molar-refractivity contribution < 1.29 is 4.79 Å². The maximum atomic E-state index is 12.4. The SMILES string of the molecule is CCc1nc(C)c(C(=O)Nc2nc(-c3ccc(I)cc3)cs2)s1. The van der Waals surface area contributed by atoms with Crippen molar-refractivity contribution in [2.24, 2.45) is 0 Å². The lowest BCUT2D eigenvalue weighted by Crippen LogP contribution is -2.11. The van der Waals surface area contributed by atoms with Gasteiger partial charge in [0.2, 0.25) is 0 Å². The fourth-order valence-corrected chi connectivity index (χ4v) is 4.03. The number of rotatable bonds is 4. The molecular weight excluding hydrogens is 441 g/mol. The van der Waals surface area contributed by atoms with Gasteiger partial charge in [0.1, 0.15) is 4.88 Å². The fraction of sp³-hybridized carbons (Fsp3) is 0.188. The first kappa shape index (κ1) is 16.5. The smallest absolute Gasteiger partial charge is 0.269 e. The molecule has 1 amide bonds. The molecule has 3 aromatic rings. The number of carbonyl (C=O) groups excluding carboxylic acids is 1. The van der Waals surface area contributed by atoms with Gasteiger partial charge in [-0.25, -0.2) is 9.97 Å². The normalized spacial score (nSPS) is 10.7. The molecule has 0 spiro atoms. The average Bonchev–Trinajstić information content (AvgIpc) is 3.14. The Morgan fingerprint density at radius 1 is 1.26 bits per heavy atom. The maximum absolute atomic E-state index is 12.4. The van der Waals surface area contributed by atoms with Crippen LogP contribution in [0.4, 0.5) is 5.13 Å². The van der Waals surface area contributed by atoms with Crippen LogP contribution >= 0.6 is 45.3 Å². The van der Waals surface area contributed by atoms with Gasteiger partial charge in [0.15, 0.2) is 5.13 Å². The maximum Gasteiger partial charge on any atom is 0.269 e. The van der Waals surface area contributed by atoms with Crippen LogP contribution in [-0.4, -0.2) is 15.9 Å². The van der Waals surface area contributed by atoms with Crippen molar-refractivity contribution >= 4 is 56.3 Å². The second kappa shape index (κ2) is 7.06. The quantitative estimate of drug-likeness (QED) is 0.564. The first-order valence-electron chi connectivity index (χ1n) is 7.06. The van der Waals surface area contributed by atoms with E-state index in [1.165, 1.54) is 26.2 Å². The number of carbonyl (C=O) groups is 1. The third-order valence-electron chi connectivity index (χ3n) is 3.21. The number of aryl methyl sites for hydroxylation is 2. The lowest BCUT2D eigenvalue weighted by atomic mass is 10.2. The Kier molecular flexibility index (Phi) is 5.08. The number of thiazole rings is 2. The minimum Gasteiger partial charge on any atom is -0.297 e. The van der Waals surface area contributed by atoms with Gasteiger partial charge in [-0.3, -0.25) is 10.1 Å². The van der Waals surface area contributed by atoms with Gasteiger partial charge in [-0.2, -0.15) is 0 Å². The summed E-state index contributed by atoms with van der Waals surface area (Å²) in [6, 6.07) is 8.15. The molecule has 0 radical (unpaired) electrons. The summed E-state index contributed by atoms with van der Waals surface area (Å²) in [5.74, 6) is -0.136. The Morgan fingerprint density at radius 3 is 2.65 bits per heavy atom. The second-order valence-electron chi connectivity index (χ2n) is 4.87. The van der Waals surface area contributed by atoms with E-state index in [-0.39, 0.29) is 5.91 Å². The van der Waals surface area contributed by atoms with Gasteiger partial charge >= 0.3 is 0 Å². The van der Waals surface area contributed by atoms with E-state index < -0.39 is 0 Å². The van der Waals surface area contributed by atoms with Gasteiger partial charge in [-0.15, -0.1) is 22.7 Å². The number of hydrogen-bond acceptors (Lipinski definition) is 5. The van der Waals surface area contributed by atoms with Crippen LogP contribution in [0.2, 0.25) is 0 Å². The number of hydrogen-bond donors (Lipinski definition) is 1. The summed E-state index contributed by atoms with van der Waals surface area (Å²) < 4.78 is 1.18. The van der Waals surface area contributed by atoms with Gasteiger partial charge in [0.05, 0.1) is 16.4 Å². The first-order valence-corrected chi connectivity index (χ1v) is 9.83. The van der Waals surface area contributed by atoms with Crippen LogP contribution in [0.25, 0.3) is 11.3 Å². The number of benzene rings is 1. The van der Waals surface area contributed by atoms with E-state index in [9.17, 15) is 4.79 Å². The van der Waals surface area contributed by atoms with Crippen LogP contribution in [0, 0.1) is 10.5 Å². The lowest BCUT2D eigenvalue weighted by molar-refractivity contribution is 0.103. The molecule has 7 heteroatoms. The number of amides is 1. The van der Waals surface area contributed by atoms with E-state index in [4.69, 9.17) is 0 Å². The molecular formula is C16H14IN3OS2. The molecule has 0 aliphatic heterocycles. The van der Waals surface area contributed by atoms with E-state index in [1.807, 2.05) is 43.5 Å². The molecule has 0 atom stereocenters. The fourth-order valence-electron chi connectivity index (χ4n) is 2.05. The van der Waals surface area contributed by atoms with Crippen LogP contribution in [0.3, 0.4) is 0 Å². The molecule has 0 fully saturated rings. The Labute approximate surface area is 156 Å². The Balaban J connectivity index is 1.77. The van der Waals surface area contributed by atoms with E-state index in [1.54, 1.807) is 0 Å². The molecule has 23 heavy (non-hydrogen) atoms. The molecule has 1 aromatic carbocycles. The standard InChI is InChI=1S/C16H14IN3OS2/c1-3-13-18-9(2)14(23-13)15(21)20-16-19-12(8-22-16)10-4-6-11(17)7-5-10/h4-8H,3H2,1-2H3,(H,19,20,21). The van der Waals surface area contributed by atoms with Crippen LogP contribution in [0.15, 0.2) is 29.6 Å². The molecule has 0 unspecified atom stereocenters. The van der Waals surface area contributed by atoms with Gasteiger partial charge < -0.3 is 0 Å². The number of nitrogens with one attached hydrogen (secondary N) is 1. The molecule has 118 valence electrons. The molecule has 1 N–H and O–H groups in total. The van der Waals surface area contributed by atoms with E-state index in [0.29, 0.717) is 10.0 Å². The molecule has 0 saturated heterocycles. The van der Waals surface area contributed by atoms with E-state index in [0.717, 1.165) is 28.4 Å². The van der Waals surface area contributed by atoms with Crippen LogP contribution in [0.1, 0.15) is 27.3 Å². The van der Waals surface area contributed by atoms with Crippen LogP contribution in [0.5, 0.6) is 0 Å². The predicted octanol–water partition coefficient (Wildman–Crippen LogP) is 4.99. The van der Waals surface area contributed by atoms with Crippen molar-refractivity contribution in [2.75, 3.05) is 5.32 Å². The summed E-state index contributed by atoms with van der Waals surface area (Å²) in [5, 5.41) is 6.41. The third-order valence-corrected chi connectivity index (χ3v) is 5.99. The largest absolute Gasteiger partial charge is 0.297 e. The van der Waals surface area contributed by atoms with Gasteiger partial charge in [-0.05, 0) is 48.1 Å². The summed E-state index contributed by atoms with van der Waals surface area (Å²) in [4.78, 5) is 21.9. The molecule has 4 nitrogen and oxygen atoms in total. The first-order chi connectivity index (χ1) is 11.1. The Bertz CT molecular complexity index is 839. The molecule has 2 aromatic heterocycles. The number of anilines is 1. The number of halogens is 1. The number of aromatic nitrogens is 2. The molecule has 0 saturated carbocycles. The summed E-state index contributed by atoms with van der Waals surface area (Å²) in [6.07, 6.45) is 0.840. The van der Waals surface area contributed by atoms with Crippen molar-refractivity contribution in [1.82, 2.24) is 9.97 Å². The lowest BCUT2D eigenvalue weighted by Gasteiger charge is -1.99. The average molecular weight is 455 g/mol. The minimum atomic E-state index is -0.136. The molecule has 0 bridgehead atoms. The zero-order chi connectivity index (χ0) is 16.4. The van der Waals surface area contributed by atoms with Gasteiger partial charge in [0, 0.05) is 14.5 Å². The van der Waals surface area contributed by atoms with Crippen molar-refractivity contribution in [1.29, 1.82) is 0 Å². The van der Waals surface area contributed by atoms with Crippen LogP contribution < -0.4 is 5.32 Å². The third kappa shape index (κ3) is 3.78. The highest BCUT2D eigenvalue weighted by Crippen LogP contribution is 2.27.